The molecule has 0 saturated carbocycles. The fraction of sp³-hybridized carbons (Fsp3) is 0.150. The Morgan fingerprint density at radius 1 is 1.04 bits per heavy atom. The van der Waals surface area contributed by atoms with Crippen molar-refractivity contribution in [3.8, 4) is 0 Å². The fourth-order valence-corrected chi connectivity index (χ4v) is 2.63. The first kappa shape index (κ1) is 17.5. The molecular formula is C20H17FN2O3. The van der Waals surface area contributed by atoms with Gasteiger partial charge in [-0.3, -0.25) is 14.4 Å². The van der Waals surface area contributed by atoms with Crippen LogP contribution in [0.2, 0.25) is 0 Å². The van der Waals surface area contributed by atoms with Crippen molar-refractivity contribution >= 4 is 22.6 Å². The van der Waals surface area contributed by atoms with Gasteiger partial charge in [0.15, 0.2) is 5.78 Å². The molecule has 0 aliphatic heterocycles. The number of hydrogen-bond acceptors (Lipinski definition) is 3. The van der Waals surface area contributed by atoms with E-state index >= 15 is 0 Å². The van der Waals surface area contributed by atoms with Crippen molar-refractivity contribution in [2.75, 3.05) is 6.54 Å². The highest BCUT2D eigenvalue weighted by Gasteiger charge is 2.10. The summed E-state index contributed by atoms with van der Waals surface area (Å²) in [5.41, 5.74) is 1.37. The highest BCUT2D eigenvalue weighted by molar-refractivity contribution is 5.99. The first-order valence-electron chi connectivity index (χ1n) is 8.19. The minimum absolute atomic E-state index is 0.0954. The van der Waals surface area contributed by atoms with Gasteiger partial charge in [-0.1, -0.05) is 18.2 Å². The number of halogens is 1. The Hall–Kier alpha value is -3.28. The molecule has 0 saturated heterocycles. The van der Waals surface area contributed by atoms with Gasteiger partial charge in [-0.15, -0.1) is 0 Å². The molecule has 0 bridgehead atoms. The number of Topliss-reactive ketones (excluding diaryl/α,β-unsaturated/α-hetero) is 1. The third-order valence-corrected chi connectivity index (χ3v) is 4.06. The van der Waals surface area contributed by atoms with Gasteiger partial charge in [-0.25, -0.2) is 4.39 Å². The molecule has 0 radical (unpaired) electrons. The van der Waals surface area contributed by atoms with E-state index in [0.29, 0.717) is 11.1 Å². The van der Waals surface area contributed by atoms with Crippen LogP contribution in [0.1, 0.15) is 22.3 Å². The molecule has 1 aromatic heterocycles. The van der Waals surface area contributed by atoms with Gasteiger partial charge in [0, 0.05) is 23.1 Å². The van der Waals surface area contributed by atoms with Crippen LogP contribution in [0.4, 0.5) is 4.39 Å². The largest absolute Gasteiger partial charge is 0.349 e. The van der Waals surface area contributed by atoms with Crippen LogP contribution in [0.5, 0.6) is 0 Å². The number of nitrogens with one attached hydrogen (secondary N) is 2. The van der Waals surface area contributed by atoms with Gasteiger partial charge >= 0.3 is 0 Å². The standard InChI is InChI=1S/C20H17FN2O3/c21-16-8-5-13(6-9-16)18(24)12-22-19(25)10-7-15-11-14-3-1-2-4-17(14)23-20(15)26/h1-6,8-9,11H,7,10,12H2,(H,22,25)(H,23,26). The molecule has 2 aromatic carbocycles. The van der Waals surface area contributed by atoms with Crippen LogP contribution in [0.15, 0.2) is 59.4 Å². The minimum atomic E-state index is -0.425. The van der Waals surface area contributed by atoms with Crippen LogP contribution < -0.4 is 10.9 Å². The number of pyridine rings is 1. The van der Waals surface area contributed by atoms with E-state index in [-0.39, 0.29) is 36.6 Å². The van der Waals surface area contributed by atoms with Crippen molar-refractivity contribution in [3.05, 3.63) is 81.9 Å². The Morgan fingerprint density at radius 2 is 1.77 bits per heavy atom. The molecule has 5 nitrogen and oxygen atoms in total. The first-order chi connectivity index (χ1) is 12.5. The van der Waals surface area contributed by atoms with Crippen molar-refractivity contribution in [2.24, 2.45) is 0 Å². The van der Waals surface area contributed by atoms with Crippen LogP contribution in [-0.4, -0.2) is 23.2 Å². The maximum absolute atomic E-state index is 12.8. The Bertz CT molecular complexity index is 1010. The van der Waals surface area contributed by atoms with Crippen LogP contribution in [0, 0.1) is 5.82 Å². The van der Waals surface area contributed by atoms with Gasteiger partial charge < -0.3 is 10.3 Å². The number of hydrogen-bond donors (Lipinski definition) is 2. The zero-order valence-corrected chi connectivity index (χ0v) is 13.9. The molecule has 1 amide bonds. The zero-order valence-electron chi connectivity index (χ0n) is 13.9. The number of para-hydroxylation sites is 1. The second-order valence-corrected chi connectivity index (χ2v) is 5.92. The maximum atomic E-state index is 12.8. The lowest BCUT2D eigenvalue weighted by Crippen LogP contribution is -2.30. The Morgan fingerprint density at radius 3 is 2.54 bits per heavy atom. The molecular weight excluding hydrogens is 335 g/mol. The summed E-state index contributed by atoms with van der Waals surface area (Å²) in [5.74, 6) is -1.05. The molecule has 0 unspecified atom stereocenters. The summed E-state index contributed by atoms with van der Waals surface area (Å²) in [6.45, 7) is -0.168. The van der Waals surface area contributed by atoms with E-state index < -0.39 is 5.82 Å². The number of ketones is 1. The summed E-state index contributed by atoms with van der Waals surface area (Å²) >= 11 is 0. The highest BCUT2D eigenvalue weighted by atomic mass is 19.1. The average Bonchev–Trinajstić information content (AvgIpc) is 2.65. The number of benzene rings is 2. The van der Waals surface area contributed by atoms with Crippen LogP contribution in [0.25, 0.3) is 10.9 Å². The van der Waals surface area contributed by atoms with Crippen molar-refractivity contribution in [1.29, 1.82) is 0 Å². The summed E-state index contributed by atoms with van der Waals surface area (Å²) in [7, 11) is 0. The highest BCUT2D eigenvalue weighted by Crippen LogP contribution is 2.11. The quantitative estimate of drug-likeness (QED) is 0.669. The molecule has 0 atom stereocenters. The molecule has 132 valence electrons. The zero-order chi connectivity index (χ0) is 18.5. The molecule has 0 aliphatic rings. The molecule has 2 N–H and O–H groups in total. The number of H-pyrrole nitrogens is 1. The smallest absolute Gasteiger partial charge is 0.251 e. The van der Waals surface area contributed by atoms with E-state index in [4.69, 9.17) is 0 Å². The molecule has 3 aromatic rings. The van der Waals surface area contributed by atoms with Crippen molar-refractivity contribution in [1.82, 2.24) is 10.3 Å². The van der Waals surface area contributed by atoms with E-state index in [1.807, 2.05) is 24.3 Å². The van der Waals surface area contributed by atoms with Crippen LogP contribution >= 0.6 is 0 Å². The molecule has 0 aliphatic carbocycles. The van der Waals surface area contributed by atoms with Gasteiger partial charge in [0.1, 0.15) is 5.82 Å². The normalized spacial score (nSPS) is 10.7. The molecule has 26 heavy (non-hydrogen) atoms. The summed E-state index contributed by atoms with van der Waals surface area (Å²) in [4.78, 5) is 38.7. The molecule has 1 heterocycles. The van der Waals surface area contributed by atoms with Gasteiger partial charge in [0.25, 0.3) is 5.56 Å². The maximum Gasteiger partial charge on any atom is 0.251 e. The van der Waals surface area contributed by atoms with Crippen LogP contribution in [-0.2, 0) is 11.2 Å². The lowest BCUT2D eigenvalue weighted by molar-refractivity contribution is -0.120. The number of aromatic amines is 1. The number of carbonyl (C=O) groups excluding carboxylic acids is 2. The number of aromatic nitrogens is 1. The number of fused-ring (bicyclic) bond motifs is 1. The fourth-order valence-electron chi connectivity index (χ4n) is 2.63. The third kappa shape index (κ3) is 4.22. The molecule has 6 heteroatoms. The van der Waals surface area contributed by atoms with E-state index in [0.717, 1.165) is 10.9 Å². The van der Waals surface area contributed by atoms with Gasteiger partial charge in [0.05, 0.1) is 6.54 Å². The average molecular weight is 352 g/mol. The van der Waals surface area contributed by atoms with E-state index in [2.05, 4.69) is 10.3 Å². The predicted octanol–water partition coefficient (Wildman–Crippen LogP) is 2.60. The summed E-state index contributed by atoms with van der Waals surface area (Å²) in [6, 6.07) is 14.3. The lowest BCUT2D eigenvalue weighted by Gasteiger charge is -2.06. The molecule has 0 spiro atoms. The summed E-state index contributed by atoms with van der Waals surface area (Å²) in [6.07, 6.45) is 0.370. The SMILES string of the molecule is O=C(CCc1cc2ccccc2[nH]c1=O)NCC(=O)c1ccc(F)cc1. The van der Waals surface area contributed by atoms with E-state index in [1.165, 1.54) is 24.3 Å². The van der Waals surface area contributed by atoms with Gasteiger partial charge in [-0.05, 0) is 48.2 Å². The third-order valence-electron chi connectivity index (χ3n) is 4.06. The van der Waals surface area contributed by atoms with Crippen LogP contribution in [0.3, 0.4) is 0 Å². The lowest BCUT2D eigenvalue weighted by atomic mass is 10.1. The van der Waals surface area contributed by atoms with E-state index in [1.54, 1.807) is 6.07 Å². The van der Waals surface area contributed by atoms with E-state index in [9.17, 15) is 18.8 Å². The molecule has 3 rings (SSSR count). The van der Waals surface area contributed by atoms with Crippen molar-refractivity contribution < 1.29 is 14.0 Å². The number of rotatable bonds is 6. The monoisotopic (exact) mass is 352 g/mol. The predicted molar refractivity (Wildman–Crippen MR) is 96.6 cm³/mol. The minimum Gasteiger partial charge on any atom is -0.349 e. The second kappa shape index (κ2) is 7.74. The first-order valence-corrected chi connectivity index (χ1v) is 8.19. The number of aryl methyl sites for hydroxylation is 1. The summed E-state index contributed by atoms with van der Waals surface area (Å²) in [5, 5.41) is 3.43. The van der Waals surface area contributed by atoms with Crippen molar-refractivity contribution in [3.63, 3.8) is 0 Å². The summed E-state index contributed by atoms with van der Waals surface area (Å²) < 4.78 is 12.8. The Labute approximate surface area is 148 Å². The Balaban J connectivity index is 1.56. The molecule has 0 fully saturated rings. The number of amides is 1. The second-order valence-electron chi connectivity index (χ2n) is 5.92. The number of carbonyl (C=O) groups is 2. The van der Waals surface area contributed by atoms with Gasteiger partial charge in [-0.2, -0.15) is 0 Å². The van der Waals surface area contributed by atoms with Gasteiger partial charge in [0.2, 0.25) is 5.91 Å². The van der Waals surface area contributed by atoms with Crippen molar-refractivity contribution in [2.45, 2.75) is 12.8 Å². The topological polar surface area (TPSA) is 79.0 Å². The Kier molecular flexibility index (Phi) is 5.22.